The van der Waals surface area contributed by atoms with Gasteiger partial charge in [0.15, 0.2) is 0 Å². The van der Waals surface area contributed by atoms with E-state index >= 15 is 0 Å². The Bertz CT molecular complexity index is 2230. The van der Waals surface area contributed by atoms with Crippen molar-refractivity contribution in [2.45, 2.75) is 66.2 Å². The Morgan fingerprint density at radius 3 is 1.22 bits per heavy atom. The van der Waals surface area contributed by atoms with Crippen LogP contribution in [0.2, 0.25) is 0 Å². The van der Waals surface area contributed by atoms with Crippen molar-refractivity contribution in [3.05, 3.63) is 168 Å². The topological polar surface area (TPSA) is 25.8 Å². The minimum Gasteiger partial charge on any atom is -1.00 e. The first-order chi connectivity index (χ1) is 25.3. The van der Waals surface area contributed by atoms with E-state index in [1.807, 2.05) is 12.4 Å². The van der Waals surface area contributed by atoms with Crippen LogP contribution in [0.4, 0.5) is 0 Å². The fraction of sp³-hybridized carbons (Fsp3) is 0.200. The van der Waals surface area contributed by atoms with Gasteiger partial charge in [0.25, 0.3) is 0 Å². The molecular formula is C50H48Cl2N2Zr. The van der Waals surface area contributed by atoms with Gasteiger partial charge in [-0.3, -0.25) is 9.97 Å². The summed E-state index contributed by atoms with van der Waals surface area (Å²) in [5.74, 6) is 1.22. The van der Waals surface area contributed by atoms with Gasteiger partial charge in [0.1, 0.15) is 0 Å². The molecule has 2 atom stereocenters. The van der Waals surface area contributed by atoms with Crippen LogP contribution >= 0.6 is 0 Å². The zero-order valence-electron chi connectivity index (χ0n) is 32.6. The number of nitrogens with zero attached hydrogens (tertiary/aromatic N) is 2. The summed E-state index contributed by atoms with van der Waals surface area (Å²) >= 11 is 0. The van der Waals surface area contributed by atoms with E-state index in [0.717, 1.165) is 11.4 Å². The second-order valence-corrected chi connectivity index (χ2v) is 14.4. The molecule has 0 spiro atoms. The number of hydrogen-bond donors (Lipinski definition) is 0. The second-order valence-electron chi connectivity index (χ2n) is 14.4. The number of aryl methyl sites for hydroxylation is 2. The molecule has 2 aromatic heterocycles. The molecule has 0 bridgehead atoms. The summed E-state index contributed by atoms with van der Waals surface area (Å²) < 4.78 is 0. The first-order valence-corrected chi connectivity index (χ1v) is 18.8. The molecule has 0 radical (unpaired) electrons. The maximum absolute atomic E-state index is 4.59. The fourth-order valence-corrected chi connectivity index (χ4v) is 7.00. The summed E-state index contributed by atoms with van der Waals surface area (Å²) in [5.41, 5.74) is 14.8. The van der Waals surface area contributed by atoms with Gasteiger partial charge >= 0.3 is 26.2 Å². The van der Waals surface area contributed by atoms with Crippen molar-refractivity contribution < 1.29 is 51.0 Å². The monoisotopic (exact) mass is 836 g/mol. The molecule has 0 saturated carbocycles. The molecular weight excluding hydrogens is 791 g/mol. The molecule has 2 unspecified atom stereocenters. The van der Waals surface area contributed by atoms with E-state index in [-0.39, 0.29) is 51.0 Å². The largest absolute Gasteiger partial charge is 4.00 e. The van der Waals surface area contributed by atoms with Crippen LogP contribution < -0.4 is 24.8 Å². The van der Waals surface area contributed by atoms with Gasteiger partial charge in [0.2, 0.25) is 0 Å². The van der Waals surface area contributed by atoms with Crippen molar-refractivity contribution in [1.29, 1.82) is 0 Å². The van der Waals surface area contributed by atoms with Gasteiger partial charge < -0.3 is 24.8 Å². The van der Waals surface area contributed by atoms with Crippen LogP contribution in [0.1, 0.15) is 74.6 Å². The molecule has 0 aliphatic rings. The van der Waals surface area contributed by atoms with Crippen molar-refractivity contribution in [2.24, 2.45) is 0 Å². The first-order valence-electron chi connectivity index (χ1n) is 18.8. The number of halogens is 2. The summed E-state index contributed by atoms with van der Waals surface area (Å²) in [7, 11) is 0. The van der Waals surface area contributed by atoms with Crippen molar-refractivity contribution >= 4 is 21.5 Å². The maximum Gasteiger partial charge on any atom is 4.00 e. The third kappa shape index (κ3) is 9.82. The second kappa shape index (κ2) is 19.6. The average Bonchev–Trinajstić information content (AvgIpc) is 3.83. The minimum atomic E-state index is 0. The molecule has 0 fully saturated rings. The van der Waals surface area contributed by atoms with Crippen LogP contribution in [0, 0.1) is 13.8 Å². The van der Waals surface area contributed by atoms with Crippen LogP contribution in [-0.2, 0) is 26.2 Å². The zero-order chi connectivity index (χ0) is 36.2. The molecule has 0 N–H and O–H groups in total. The predicted molar refractivity (Wildman–Crippen MR) is 223 cm³/mol. The Morgan fingerprint density at radius 2 is 0.891 bits per heavy atom. The summed E-state index contributed by atoms with van der Waals surface area (Å²) in [6.07, 6.45) is 6.21. The normalized spacial score (nSPS) is 11.7. The molecule has 276 valence electrons. The molecule has 0 aliphatic heterocycles. The molecule has 8 aromatic rings. The molecule has 0 aliphatic carbocycles. The van der Waals surface area contributed by atoms with Crippen LogP contribution in [0.5, 0.6) is 0 Å². The standard InChI is InChI=1S/2C25H24N.2ClH.Zr/c2*1-4-18(3)19-9-11-20(12-10-19)23-7-5-6-21-14-22(15-24(21)23)25-13-8-17(2)16-26-25;;;/h2*5-16,18H,4H2,1-3H3;2*1H;/q2*-1;;;+4/p-2. The van der Waals surface area contributed by atoms with Crippen molar-refractivity contribution in [1.82, 2.24) is 9.97 Å². The van der Waals surface area contributed by atoms with Gasteiger partial charge in [-0.2, -0.15) is 0 Å². The zero-order valence-corrected chi connectivity index (χ0v) is 36.5. The van der Waals surface area contributed by atoms with Crippen LogP contribution in [-0.4, -0.2) is 9.97 Å². The predicted octanol–water partition coefficient (Wildman–Crippen LogP) is 8.22. The SMILES string of the molecule is CCC(C)c1ccc(-c2cccc3[cH-]c(-c4ccc(C)cn4)cc23)cc1.CCC(C)c1ccc(-c2cccc3[cH-]c(-c4ccc(C)cn4)cc23)cc1.[Cl-].[Cl-].[Zr+4]. The van der Waals surface area contributed by atoms with Crippen LogP contribution in [0.3, 0.4) is 0 Å². The third-order valence-electron chi connectivity index (χ3n) is 10.7. The molecule has 2 heterocycles. The number of aromatic nitrogens is 2. The molecule has 55 heavy (non-hydrogen) atoms. The Morgan fingerprint density at radius 1 is 0.509 bits per heavy atom. The molecule has 6 aromatic carbocycles. The molecule has 2 nitrogen and oxygen atoms in total. The van der Waals surface area contributed by atoms with Crippen LogP contribution in [0.25, 0.3) is 66.3 Å². The molecule has 5 heteroatoms. The maximum atomic E-state index is 4.59. The first kappa shape index (κ1) is 43.6. The number of fused-ring (bicyclic) bond motifs is 2. The van der Waals surface area contributed by atoms with E-state index in [9.17, 15) is 0 Å². The quantitative estimate of drug-likeness (QED) is 0.144. The van der Waals surface area contributed by atoms with Gasteiger partial charge in [-0.1, -0.05) is 136 Å². The Hall–Kier alpha value is -4.14. The summed E-state index contributed by atoms with van der Waals surface area (Å²) in [5, 5.41) is 5.12. The van der Waals surface area contributed by atoms with Crippen molar-refractivity contribution in [3.63, 3.8) is 0 Å². The number of rotatable bonds is 8. The number of benzene rings is 4. The average molecular weight is 839 g/mol. The molecule has 8 rings (SSSR count). The van der Waals surface area contributed by atoms with E-state index in [2.05, 4.69) is 185 Å². The van der Waals surface area contributed by atoms with Gasteiger partial charge in [-0.05, 0) is 71.9 Å². The van der Waals surface area contributed by atoms with Gasteiger partial charge in [-0.15, -0.1) is 69.1 Å². The van der Waals surface area contributed by atoms with Crippen molar-refractivity contribution in [2.75, 3.05) is 0 Å². The van der Waals surface area contributed by atoms with Crippen LogP contribution in [0.15, 0.2) is 146 Å². The third-order valence-corrected chi connectivity index (χ3v) is 10.7. The summed E-state index contributed by atoms with van der Waals surface area (Å²) in [6, 6.07) is 48.7. The summed E-state index contributed by atoms with van der Waals surface area (Å²) in [6.45, 7) is 13.2. The van der Waals surface area contributed by atoms with E-state index in [4.69, 9.17) is 0 Å². The van der Waals surface area contributed by atoms with E-state index in [1.165, 1.54) is 90.0 Å². The Balaban J connectivity index is 0.000000232. The van der Waals surface area contributed by atoms with Gasteiger partial charge in [0, 0.05) is 23.8 Å². The minimum absolute atomic E-state index is 0. The summed E-state index contributed by atoms with van der Waals surface area (Å²) in [4.78, 5) is 9.17. The van der Waals surface area contributed by atoms with E-state index in [0.29, 0.717) is 11.8 Å². The molecule has 0 saturated heterocycles. The Labute approximate surface area is 359 Å². The smallest absolute Gasteiger partial charge is 1.00 e. The Kier molecular flexibility index (Phi) is 15.6. The fourth-order valence-electron chi connectivity index (χ4n) is 7.00. The molecule has 0 amide bonds. The van der Waals surface area contributed by atoms with Gasteiger partial charge in [0.05, 0.1) is 0 Å². The van der Waals surface area contributed by atoms with Gasteiger partial charge in [-0.25, -0.2) is 0 Å². The number of hydrogen-bond acceptors (Lipinski definition) is 2. The van der Waals surface area contributed by atoms with Crippen molar-refractivity contribution in [3.8, 4) is 44.8 Å². The van der Waals surface area contributed by atoms with E-state index < -0.39 is 0 Å². The van der Waals surface area contributed by atoms with E-state index in [1.54, 1.807) is 0 Å². The number of pyridine rings is 2.